The lowest BCUT2D eigenvalue weighted by Gasteiger charge is -2.09. The van der Waals surface area contributed by atoms with Crippen molar-refractivity contribution >= 4 is 6.08 Å². The van der Waals surface area contributed by atoms with Crippen LogP contribution in [0.3, 0.4) is 0 Å². The number of rotatable bonds is 9. The summed E-state index contributed by atoms with van der Waals surface area (Å²) in [5.74, 6) is 3.57. The minimum atomic E-state index is -2.74. The number of benzene rings is 2. The van der Waals surface area contributed by atoms with Crippen LogP contribution in [0.2, 0.25) is 0 Å². The van der Waals surface area contributed by atoms with Crippen molar-refractivity contribution in [2.45, 2.75) is 64.7 Å². The Kier molecular flexibility index (Phi) is 8.95. The maximum Gasteiger partial charge on any atom is 0.266 e. The lowest BCUT2D eigenvalue weighted by atomic mass is 10.0. The third kappa shape index (κ3) is 8.09. The molecule has 0 aromatic heterocycles. The molecule has 0 nitrogen and oxygen atoms in total. The molecule has 0 saturated heterocycles. The molecule has 148 valence electrons. The maximum absolute atomic E-state index is 13.5. The Morgan fingerprint density at radius 2 is 1.39 bits per heavy atom. The van der Waals surface area contributed by atoms with E-state index in [2.05, 4.69) is 43.0 Å². The molecular formula is C26H30F2. The van der Waals surface area contributed by atoms with Gasteiger partial charge in [0.15, 0.2) is 0 Å². The van der Waals surface area contributed by atoms with E-state index in [-0.39, 0.29) is 6.42 Å². The van der Waals surface area contributed by atoms with Crippen LogP contribution < -0.4 is 0 Å². The van der Waals surface area contributed by atoms with Crippen LogP contribution in [0.5, 0.6) is 0 Å². The lowest BCUT2D eigenvalue weighted by molar-refractivity contribution is 0.0458. The highest BCUT2D eigenvalue weighted by molar-refractivity contribution is 5.53. The van der Waals surface area contributed by atoms with E-state index < -0.39 is 5.92 Å². The standard InChI is InChI=1S/C26H30F2/c1-3-5-6-7-8-22-9-11-23(12-10-22)13-14-24-15-17-25(18-16-24)19-21-26(27,28)20-4-2/h9-12,15-19,21H,3-8,20H2,1-2H3/b21-19+. The molecule has 0 aliphatic carbocycles. The summed E-state index contributed by atoms with van der Waals surface area (Å²) in [5.41, 5.74) is 3.98. The Morgan fingerprint density at radius 3 is 1.96 bits per heavy atom. The molecule has 0 heterocycles. The minimum absolute atomic E-state index is 0.120. The number of aryl methyl sites for hydroxylation is 1. The molecule has 0 spiro atoms. The van der Waals surface area contributed by atoms with Crippen molar-refractivity contribution in [3.8, 4) is 11.8 Å². The van der Waals surface area contributed by atoms with E-state index in [9.17, 15) is 8.78 Å². The molecule has 2 heteroatoms. The van der Waals surface area contributed by atoms with Gasteiger partial charge in [-0.1, -0.05) is 81.7 Å². The van der Waals surface area contributed by atoms with Gasteiger partial charge in [-0.05, 0) is 54.3 Å². The van der Waals surface area contributed by atoms with Crippen LogP contribution in [-0.2, 0) is 6.42 Å². The average molecular weight is 381 g/mol. The number of halogens is 2. The Labute approximate surface area is 168 Å². The number of alkyl halides is 2. The summed E-state index contributed by atoms with van der Waals surface area (Å²) in [6.45, 7) is 3.99. The molecule has 0 fully saturated rings. The molecule has 2 aromatic rings. The normalized spacial score (nSPS) is 11.4. The lowest BCUT2D eigenvalue weighted by Crippen LogP contribution is -2.10. The van der Waals surface area contributed by atoms with Gasteiger partial charge in [0.1, 0.15) is 0 Å². The van der Waals surface area contributed by atoms with Crippen molar-refractivity contribution in [3.05, 3.63) is 76.9 Å². The molecular weight excluding hydrogens is 350 g/mol. The Morgan fingerprint density at radius 1 is 0.786 bits per heavy atom. The van der Waals surface area contributed by atoms with E-state index in [1.54, 1.807) is 6.92 Å². The van der Waals surface area contributed by atoms with Gasteiger partial charge in [0.05, 0.1) is 0 Å². The molecule has 0 atom stereocenters. The number of hydrogen-bond acceptors (Lipinski definition) is 0. The topological polar surface area (TPSA) is 0 Å². The summed E-state index contributed by atoms with van der Waals surface area (Å²) in [4.78, 5) is 0. The van der Waals surface area contributed by atoms with Crippen molar-refractivity contribution in [3.63, 3.8) is 0 Å². The zero-order chi connectivity index (χ0) is 20.2. The molecule has 2 rings (SSSR count). The molecule has 0 N–H and O–H groups in total. The van der Waals surface area contributed by atoms with E-state index in [1.807, 2.05) is 24.3 Å². The van der Waals surface area contributed by atoms with Gasteiger partial charge in [0.25, 0.3) is 5.92 Å². The molecule has 28 heavy (non-hydrogen) atoms. The predicted octanol–water partition coefficient (Wildman–Crippen LogP) is 7.66. The number of allylic oxidation sites excluding steroid dienone is 1. The van der Waals surface area contributed by atoms with Gasteiger partial charge in [0, 0.05) is 17.5 Å². The molecule has 0 aliphatic rings. The summed E-state index contributed by atoms with van der Waals surface area (Å²) in [6.07, 6.45) is 9.03. The molecule has 0 saturated carbocycles. The van der Waals surface area contributed by atoms with E-state index in [0.717, 1.165) is 29.2 Å². The zero-order valence-electron chi connectivity index (χ0n) is 17.0. The third-order valence-corrected chi connectivity index (χ3v) is 4.64. The molecule has 0 amide bonds. The SMILES string of the molecule is CCCCCCc1ccc(C#Cc2ccc(/C=C/C(F)(F)CCC)cc2)cc1. The first kappa shape index (κ1) is 21.9. The van der Waals surface area contributed by atoms with E-state index >= 15 is 0 Å². The summed E-state index contributed by atoms with van der Waals surface area (Å²) in [6, 6.07) is 15.8. The molecule has 0 radical (unpaired) electrons. The fourth-order valence-corrected chi connectivity index (χ4v) is 2.97. The molecule has 0 aliphatic heterocycles. The highest BCUT2D eigenvalue weighted by Crippen LogP contribution is 2.23. The van der Waals surface area contributed by atoms with Crippen molar-refractivity contribution in [1.82, 2.24) is 0 Å². The summed E-state index contributed by atoms with van der Waals surface area (Å²) in [5, 5.41) is 0. The monoisotopic (exact) mass is 380 g/mol. The van der Waals surface area contributed by atoms with Crippen LogP contribution in [0.25, 0.3) is 6.08 Å². The van der Waals surface area contributed by atoms with E-state index in [4.69, 9.17) is 0 Å². The van der Waals surface area contributed by atoms with E-state index in [1.165, 1.54) is 37.3 Å². The quantitative estimate of drug-likeness (QED) is 0.309. The molecule has 2 aromatic carbocycles. The number of hydrogen-bond donors (Lipinski definition) is 0. The van der Waals surface area contributed by atoms with Crippen molar-refractivity contribution < 1.29 is 8.78 Å². The largest absolute Gasteiger partial charge is 0.266 e. The van der Waals surface area contributed by atoms with Crippen LogP contribution in [0.4, 0.5) is 8.78 Å². The van der Waals surface area contributed by atoms with Gasteiger partial charge in [-0.15, -0.1) is 0 Å². The van der Waals surface area contributed by atoms with Gasteiger partial charge >= 0.3 is 0 Å². The fourth-order valence-electron chi connectivity index (χ4n) is 2.97. The Bertz CT molecular complexity index is 787. The van der Waals surface area contributed by atoms with Crippen LogP contribution in [0.15, 0.2) is 54.6 Å². The summed E-state index contributed by atoms with van der Waals surface area (Å²) in [7, 11) is 0. The van der Waals surface area contributed by atoms with Crippen LogP contribution >= 0.6 is 0 Å². The third-order valence-electron chi connectivity index (χ3n) is 4.64. The zero-order valence-corrected chi connectivity index (χ0v) is 17.0. The fraction of sp³-hybridized carbons (Fsp3) is 0.385. The highest BCUT2D eigenvalue weighted by Gasteiger charge is 2.22. The van der Waals surface area contributed by atoms with Gasteiger partial charge in [-0.3, -0.25) is 0 Å². The second-order valence-corrected chi connectivity index (χ2v) is 7.22. The Hall–Kier alpha value is -2.40. The van der Waals surface area contributed by atoms with Gasteiger partial charge in [-0.25, -0.2) is 8.78 Å². The second-order valence-electron chi connectivity index (χ2n) is 7.22. The molecule has 0 unspecified atom stereocenters. The van der Waals surface area contributed by atoms with Gasteiger partial charge < -0.3 is 0 Å². The second kappa shape index (κ2) is 11.4. The smallest absolute Gasteiger partial charge is 0.202 e. The first-order valence-corrected chi connectivity index (χ1v) is 10.3. The van der Waals surface area contributed by atoms with Crippen LogP contribution in [-0.4, -0.2) is 5.92 Å². The highest BCUT2D eigenvalue weighted by atomic mass is 19.3. The summed E-state index contributed by atoms with van der Waals surface area (Å²) >= 11 is 0. The van der Waals surface area contributed by atoms with Crippen LogP contribution in [0, 0.1) is 11.8 Å². The molecule has 0 bridgehead atoms. The van der Waals surface area contributed by atoms with Crippen molar-refractivity contribution in [1.29, 1.82) is 0 Å². The van der Waals surface area contributed by atoms with Gasteiger partial charge in [-0.2, -0.15) is 0 Å². The van der Waals surface area contributed by atoms with Crippen molar-refractivity contribution in [2.24, 2.45) is 0 Å². The maximum atomic E-state index is 13.5. The average Bonchev–Trinajstić information content (AvgIpc) is 2.70. The minimum Gasteiger partial charge on any atom is -0.202 e. The van der Waals surface area contributed by atoms with Crippen molar-refractivity contribution in [2.75, 3.05) is 0 Å². The number of unbranched alkanes of at least 4 members (excludes halogenated alkanes) is 3. The predicted molar refractivity (Wildman–Crippen MR) is 116 cm³/mol. The first-order valence-electron chi connectivity index (χ1n) is 10.3. The summed E-state index contributed by atoms with van der Waals surface area (Å²) < 4.78 is 27.0. The Balaban J connectivity index is 1.92. The van der Waals surface area contributed by atoms with Crippen LogP contribution in [0.1, 0.15) is 74.6 Å². The van der Waals surface area contributed by atoms with E-state index in [0.29, 0.717) is 6.42 Å². The van der Waals surface area contributed by atoms with Gasteiger partial charge in [0.2, 0.25) is 0 Å². The first-order chi connectivity index (χ1) is 13.5.